The second-order valence-electron chi connectivity index (χ2n) is 13.2. The Morgan fingerprint density at radius 1 is 0.509 bits per heavy atom. The fourth-order valence-corrected chi connectivity index (χ4v) is 6.52. The van der Waals surface area contributed by atoms with Gasteiger partial charge in [-0.05, 0) is 77.2 Å². The maximum absolute atomic E-state index is 13.1. The third-order valence-corrected chi connectivity index (χ3v) is 9.57. The second-order valence-corrected chi connectivity index (χ2v) is 13.2. The van der Waals surface area contributed by atoms with Crippen LogP contribution in [0.4, 0.5) is 11.4 Å². The van der Waals surface area contributed by atoms with Crippen molar-refractivity contribution in [2.24, 2.45) is 0 Å². The van der Waals surface area contributed by atoms with Crippen LogP contribution in [0, 0.1) is 0 Å². The molecule has 14 heteroatoms. The Morgan fingerprint density at radius 3 is 1.25 bits per heavy atom. The highest BCUT2D eigenvalue weighted by atomic mass is 16.6. The molecule has 0 radical (unpaired) electrons. The molecule has 4 aromatic carbocycles. The summed E-state index contributed by atoms with van der Waals surface area (Å²) in [6, 6.07) is 27.2. The number of nitrogens with one attached hydrogen (secondary N) is 2. The highest BCUT2D eigenvalue weighted by Crippen LogP contribution is 2.34. The Hall–Kier alpha value is -4.58. The number of hydrogen-bond acceptors (Lipinski definition) is 12. The van der Waals surface area contributed by atoms with Gasteiger partial charge in [0.05, 0.1) is 13.2 Å². The number of aliphatic hydroxyl groups is 8. The van der Waals surface area contributed by atoms with Gasteiger partial charge in [-0.15, -0.1) is 0 Å². The van der Waals surface area contributed by atoms with E-state index in [0.717, 1.165) is 11.1 Å². The molecular formula is C39H42N2O12. The molecule has 280 valence electrons. The Morgan fingerprint density at radius 2 is 0.887 bits per heavy atom. The number of carbonyl (C=O) groups excluding carboxylic acids is 2. The molecule has 2 heterocycles. The summed E-state index contributed by atoms with van der Waals surface area (Å²) in [5, 5.41) is 86.1. The Bertz CT molecular complexity index is 1730. The summed E-state index contributed by atoms with van der Waals surface area (Å²) < 4.78 is 11.2. The topological polar surface area (TPSA) is 238 Å². The molecule has 1 unspecified atom stereocenters. The van der Waals surface area contributed by atoms with Gasteiger partial charge in [0.15, 0.2) is 0 Å². The molecule has 10 N–H and O–H groups in total. The highest BCUT2D eigenvalue weighted by Gasteiger charge is 2.45. The summed E-state index contributed by atoms with van der Waals surface area (Å²) >= 11 is 0. The molecular weight excluding hydrogens is 688 g/mol. The standard InChI is InChI=1S/C39H42N2O12/c42-18-28-30(44)32(46)34(48)36(52-28)22-3-1-5-24(16-22)38(50)40-26-11-7-20(8-12-26)15-21-9-13-27(14-10-21)41-39(51)25-6-2-4-23(17-25)37-35(49)33(47)31(45)29(19-43)53-37/h1-14,16-17,28-37,42-49H,15,18-19H2,(H,40,50)(H,41,51)/t28-,29-,30-,31-,32+,33+,34+,35?,36-,37-/m1/s1. The molecule has 2 fully saturated rings. The Kier molecular flexibility index (Phi) is 12.0. The van der Waals surface area contributed by atoms with Crippen LogP contribution in [-0.2, 0) is 15.9 Å². The van der Waals surface area contributed by atoms with E-state index in [0.29, 0.717) is 28.9 Å². The summed E-state index contributed by atoms with van der Waals surface area (Å²) in [6.45, 7) is -1.11. The molecule has 2 amide bonds. The summed E-state index contributed by atoms with van der Waals surface area (Å²) in [6.07, 6.45) is -12.7. The number of anilines is 2. The monoisotopic (exact) mass is 730 g/mol. The van der Waals surface area contributed by atoms with Gasteiger partial charge >= 0.3 is 0 Å². The highest BCUT2D eigenvalue weighted by molar-refractivity contribution is 6.05. The van der Waals surface area contributed by atoms with E-state index in [2.05, 4.69) is 10.6 Å². The van der Waals surface area contributed by atoms with Crippen molar-refractivity contribution in [2.45, 2.75) is 67.5 Å². The lowest BCUT2D eigenvalue weighted by molar-refractivity contribution is -0.231. The van der Waals surface area contributed by atoms with Crippen molar-refractivity contribution in [3.8, 4) is 0 Å². The number of rotatable bonds is 10. The normalized spacial score (nSPS) is 28.6. The van der Waals surface area contributed by atoms with E-state index in [9.17, 15) is 50.4 Å². The van der Waals surface area contributed by atoms with Crippen LogP contribution in [-0.4, -0.2) is 115 Å². The first-order valence-corrected chi connectivity index (χ1v) is 17.1. The molecule has 0 bridgehead atoms. The van der Waals surface area contributed by atoms with Crippen molar-refractivity contribution in [1.82, 2.24) is 0 Å². The lowest BCUT2D eigenvalue weighted by atomic mass is 9.90. The fourth-order valence-electron chi connectivity index (χ4n) is 6.52. The summed E-state index contributed by atoms with van der Waals surface area (Å²) in [7, 11) is 0. The smallest absolute Gasteiger partial charge is 0.255 e. The number of aliphatic hydroxyl groups excluding tert-OH is 8. The van der Waals surface area contributed by atoms with Crippen LogP contribution in [0.15, 0.2) is 97.1 Å². The first-order chi connectivity index (χ1) is 25.5. The van der Waals surface area contributed by atoms with Gasteiger partial charge in [0, 0.05) is 22.5 Å². The van der Waals surface area contributed by atoms with E-state index < -0.39 is 86.1 Å². The molecule has 6 rings (SSSR count). The SMILES string of the molecule is O=C(Nc1ccc(Cc2ccc(NC(=O)c3cccc([C@H]4O[C@H](CO)[C@@H](O)[C@H](O)[C@@H]4O)c3)cc2)cc1)c1cccc([C@H]2O[C@H](CO)[C@@H](O)[C@H](O)C2O)c1. The molecule has 2 aliphatic rings. The van der Waals surface area contributed by atoms with Crippen molar-refractivity contribution >= 4 is 23.2 Å². The lowest BCUT2D eigenvalue weighted by Crippen LogP contribution is -2.55. The van der Waals surface area contributed by atoms with Crippen LogP contribution >= 0.6 is 0 Å². The zero-order valence-corrected chi connectivity index (χ0v) is 28.3. The molecule has 0 saturated carbocycles. The molecule has 0 aromatic heterocycles. The van der Waals surface area contributed by atoms with Gasteiger partial charge < -0.3 is 61.0 Å². The minimum absolute atomic E-state index is 0.275. The van der Waals surface area contributed by atoms with E-state index in [1.54, 1.807) is 60.7 Å². The van der Waals surface area contributed by atoms with Gasteiger partial charge in [0.2, 0.25) is 0 Å². The van der Waals surface area contributed by atoms with Crippen LogP contribution in [0.2, 0.25) is 0 Å². The number of amides is 2. The molecule has 0 aliphatic carbocycles. The fraction of sp³-hybridized carbons (Fsp3) is 0.333. The number of ether oxygens (including phenoxy) is 2. The van der Waals surface area contributed by atoms with Crippen LogP contribution in [0.5, 0.6) is 0 Å². The van der Waals surface area contributed by atoms with Crippen molar-refractivity contribution in [3.05, 3.63) is 130 Å². The van der Waals surface area contributed by atoms with E-state index >= 15 is 0 Å². The summed E-state index contributed by atoms with van der Waals surface area (Å²) in [5.74, 6) is -0.829. The first kappa shape index (κ1) is 38.2. The molecule has 14 nitrogen and oxygen atoms in total. The quantitative estimate of drug-likeness (QED) is 0.109. The third kappa shape index (κ3) is 8.48. The van der Waals surface area contributed by atoms with Crippen molar-refractivity contribution in [3.63, 3.8) is 0 Å². The zero-order valence-electron chi connectivity index (χ0n) is 28.3. The molecule has 2 saturated heterocycles. The summed E-state index contributed by atoms with van der Waals surface area (Å²) in [4.78, 5) is 26.2. The molecule has 10 atom stereocenters. The minimum atomic E-state index is -1.53. The molecule has 0 spiro atoms. The van der Waals surface area contributed by atoms with Gasteiger partial charge in [-0.3, -0.25) is 9.59 Å². The predicted molar refractivity (Wildman–Crippen MR) is 190 cm³/mol. The maximum atomic E-state index is 13.1. The average Bonchev–Trinajstić information content (AvgIpc) is 3.18. The largest absolute Gasteiger partial charge is 0.394 e. The van der Waals surface area contributed by atoms with Gasteiger partial charge in [-0.25, -0.2) is 0 Å². The van der Waals surface area contributed by atoms with Crippen LogP contribution in [0.1, 0.15) is 55.2 Å². The van der Waals surface area contributed by atoms with Crippen molar-refractivity contribution < 1.29 is 59.9 Å². The Labute approximate surface area is 304 Å². The third-order valence-electron chi connectivity index (χ3n) is 9.57. The zero-order chi connectivity index (χ0) is 37.8. The maximum Gasteiger partial charge on any atom is 0.255 e. The predicted octanol–water partition coefficient (Wildman–Crippen LogP) is 0.812. The van der Waals surface area contributed by atoms with Crippen LogP contribution < -0.4 is 10.6 Å². The van der Waals surface area contributed by atoms with Gasteiger partial charge in [0.25, 0.3) is 11.8 Å². The molecule has 2 aliphatic heterocycles. The van der Waals surface area contributed by atoms with Crippen molar-refractivity contribution in [1.29, 1.82) is 0 Å². The van der Waals surface area contributed by atoms with E-state index in [1.807, 2.05) is 24.3 Å². The number of carbonyl (C=O) groups is 2. The minimum Gasteiger partial charge on any atom is -0.394 e. The Balaban J connectivity index is 1.03. The van der Waals surface area contributed by atoms with E-state index in [4.69, 9.17) is 9.47 Å². The van der Waals surface area contributed by atoms with E-state index in [1.165, 1.54) is 12.1 Å². The lowest BCUT2D eigenvalue weighted by Gasteiger charge is -2.40. The summed E-state index contributed by atoms with van der Waals surface area (Å²) in [5.41, 5.74) is 4.38. The van der Waals surface area contributed by atoms with Crippen molar-refractivity contribution in [2.75, 3.05) is 23.8 Å². The van der Waals surface area contributed by atoms with Gasteiger partial charge in [-0.2, -0.15) is 0 Å². The number of benzene rings is 4. The van der Waals surface area contributed by atoms with Gasteiger partial charge in [-0.1, -0.05) is 48.5 Å². The average molecular weight is 731 g/mol. The second kappa shape index (κ2) is 16.6. The first-order valence-electron chi connectivity index (χ1n) is 17.1. The molecule has 53 heavy (non-hydrogen) atoms. The van der Waals surface area contributed by atoms with E-state index in [-0.39, 0.29) is 11.1 Å². The van der Waals surface area contributed by atoms with Crippen LogP contribution in [0.25, 0.3) is 0 Å². The number of hydrogen-bond donors (Lipinski definition) is 10. The molecule has 4 aromatic rings. The van der Waals surface area contributed by atoms with Crippen LogP contribution in [0.3, 0.4) is 0 Å². The van der Waals surface area contributed by atoms with Gasteiger partial charge in [0.1, 0.15) is 61.0 Å².